The van der Waals surface area contributed by atoms with Crippen molar-refractivity contribution in [2.75, 3.05) is 12.4 Å². The second kappa shape index (κ2) is 6.31. The van der Waals surface area contributed by atoms with Crippen LogP contribution in [0.1, 0.15) is 33.8 Å². The number of primary amides is 1. The van der Waals surface area contributed by atoms with Gasteiger partial charge in [-0.15, -0.1) is 0 Å². The van der Waals surface area contributed by atoms with Crippen molar-refractivity contribution in [2.45, 2.75) is 13.3 Å². The lowest BCUT2D eigenvalue weighted by Gasteiger charge is -2.04. The van der Waals surface area contributed by atoms with E-state index in [0.29, 0.717) is 12.2 Å². The van der Waals surface area contributed by atoms with E-state index in [0.717, 1.165) is 12.1 Å². The van der Waals surface area contributed by atoms with Crippen LogP contribution in [0.25, 0.3) is 11.0 Å². The SMILES string of the molecule is CCc1ccc(C(=O)Nc2c(C(N)=O)oc3c(OC)cc(F)cc23)o1. The Morgan fingerprint density at radius 1 is 1.28 bits per heavy atom. The number of aryl methyl sites for hydroxylation is 1. The number of nitrogens with two attached hydrogens (primary N) is 1. The third kappa shape index (κ3) is 2.93. The predicted octanol–water partition coefficient (Wildman–Crippen LogP) is 3.09. The number of anilines is 1. The minimum Gasteiger partial charge on any atom is -0.493 e. The summed E-state index contributed by atoms with van der Waals surface area (Å²) in [5.41, 5.74) is 5.36. The first kappa shape index (κ1) is 16.6. The molecule has 0 fully saturated rings. The lowest BCUT2D eigenvalue weighted by atomic mass is 10.2. The predicted molar refractivity (Wildman–Crippen MR) is 87.3 cm³/mol. The second-order valence-electron chi connectivity index (χ2n) is 5.23. The quantitative estimate of drug-likeness (QED) is 0.738. The molecule has 7 nitrogen and oxygen atoms in total. The summed E-state index contributed by atoms with van der Waals surface area (Å²) in [6, 6.07) is 5.38. The molecule has 8 heteroatoms. The molecule has 2 aromatic heterocycles. The highest BCUT2D eigenvalue weighted by Crippen LogP contribution is 2.37. The van der Waals surface area contributed by atoms with E-state index in [1.165, 1.54) is 13.2 Å². The standard InChI is InChI=1S/C17H15FN2O5/c1-3-9-4-5-11(24-9)17(22)20-13-10-6-8(18)7-12(23-2)14(10)25-15(13)16(19)21/h4-7H,3H2,1-2H3,(H2,19,21)(H,20,22). The lowest BCUT2D eigenvalue weighted by molar-refractivity contribution is 0.0977. The third-order valence-corrected chi connectivity index (χ3v) is 3.64. The zero-order valence-corrected chi connectivity index (χ0v) is 13.5. The maximum absolute atomic E-state index is 13.8. The number of hydrogen-bond donors (Lipinski definition) is 2. The summed E-state index contributed by atoms with van der Waals surface area (Å²) < 4.78 is 29.6. The Morgan fingerprint density at radius 3 is 2.64 bits per heavy atom. The molecule has 0 aliphatic rings. The Labute approximate surface area is 141 Å². The fourth-order valence-electron chi connectivity index (χ4n) is 2.45. The maximum Gasteiger partial charge on any atom is 0.291 e. The van der Waals surface area contributed by atoms with Crippen molar-refractivity contribution in [2.24, 2.45) is 5.73 Å². The van der Waals surface area contributed by atoms with Gasteiger partial charge >= 0.3 is 0 Å². The summed E-state index contributed by atoms with van der Waals surface area (Å²) in [6.07, 6.45) is 0.622. The summed E-state index contributed by atoms with van der Waals surface area (Å²) in [7, 11) is 1.33. The monoisotopic (exact) mass is 346 g/mol. The molecule has 0 aliphatic carbocycles. The fourth-order valence-corrected chi connectivity index (χ4v) is 2.45. The van der Waals surface area contributed by atoms with Gasteiger partial charge in [-0.05, 0) is 18.2 Å². The molecular formula is C17H15FN2O5. The lowest BCUT2D eigenvalue weighted by Crippen LogP contribution is -2.16. The number of hydrogen-bond acceptors (Lipinski definition) is 5. The van der Waals surface area contributed by atoms with Gasteiger partial charge < -0.3 is 24.6 Å². The molecule has 3 aromatic rings. The Bertz CT molecular complexity index is 973. The van der Waals surface area contributed by atoms with Crippen molar-refractivity contribution in [1.29, 1.82) is 0 Å². The number of furan rings is 2. The number of carbonyl (C=O) groups is 2. The molecule has 0 spiro atoms. The molecule has 130 valence electrons. The van der Waals surface area contributed by atoms with Gasteiger partial charge in [0.15, 0.2) is 17.1 Å². The number of fused-ring (bicyclic) bond motifs is 1. The van der Waals surface area contributed by atoms with Gasteiger partial charge in [0.1, 0.15) is 17.3 Å². The second-order valence-corrected chi connectivity index (χ2v) is 5.23. The zero-order valence-electron chi connectivity index (χ0n) is 13.5. The van der Waals surface area contributed by atoms with E-state index in [2.05, 4.69) is 5.32 Å². The average molecular weight is 346 g/mol. The first-order chi connectivity index (χ1) is 11.9. The van der Waals surface area contributed by atoms with Gasteiger partial charge in [-0.2, -0.15) is 0 Å². The summed E-state index contributed by atoms with van der Waals surface area (Å²) in [5.74, 6) is -1.72. The highest BCUT2D eigenvalue weighted by molar-refractivity contribution is 6.14. The van der Waals surface area contributed by atoms with Crippen LogP contribution in [0.2, 0.25) is 0 Å². The van der Waals surface area contributed by atoms with Crippen LogP contribution in [-0.4, -0.2) is 18.9 Å². The third-order valence-electron chi connectivity index (χ3n) is 3.64. The molecule has 0 saturated carbocycles. The minimum absolute atomic E-state index is 0.0419. The normalized spacial score (nSPS) is 10.8. The first-order valence-corrected chi connectivity index (χ1v) is 7.44. The average Bonchev–Trinajstić information content (AvgIpc) is 3.19. The van der Waals surface area contributed by atoms with Gasteiger partial charge in [0.05, 0.1) is 12.5 Å². The molecule has 0 bridgehead atoms. The van der Waals surface area contributed by atoms with Gasteiger partial charge in [-0.25, -0.2) is 4.39 Å². The molecule has 2 heterocycles. The van der Waals surface area contributed by atoms with Crippen LogP contribution in [0, 0.1) is 5.82 Å². The number of rotatable bonds is 5. The van der Waals surface area contributed by atoms with Crippen molar-refractivity contribution >= 4 is 28.5 Å². The number of methoxy groups -OCH3 is 1. The van der Waals surface area contributed by atoms with Crippen molar-refractivity contribution in [3.8, 4) is 5.75 Å². The Hall–Kier alpha value is -3.29. The van der Waals surface area contributed by atoms with Gasteiger partial charge in [-0.3, -0.25) is 9.59 Å². The first-order valence-electron chi connectivity index (χ1n) is 7.44. The van der Waals surface area contributed by atoms with Crippen LogP contribution in [0.5, 0.6) is 5.75 Å². The van der Waals surface area contributed by atoms with Gasteiger partial charge in [0.2, 0.25) is 5.76 Å². The van der Waals surface area contributed by atoms with Crippen LogP contribution >= 0.6 is 0 Å². The van der Waals surface area contributed by atoms with Crippen molar-refractivity contribution in [3.63, 3.8) is 0 Å². The molecular weight excluding hydrogens is 331 g/mol. The van der Waals surface area contributed by atoms with Crippen molar-refractivity contribution in [1.82, 2.24) is 0 Å². The number of nitrogens with one attached hydrogen (secondary N) is 1. The topological polar surface area (TPSA) is 108 Å². The maximum atomic E-state index is 13.8. The molecule has 3 N–H and O–H groups in total. The largest absolute Gasteiger partial charge is 0.493 e. The van der Waals surface area contributed by atoms with Crippen LogP contribution in [0.15, 0.2) is 33.1 Å². The van der Waals surface area contributed by atoms with Crippen molar-refractivity contribution < 1.29 is 27.6 Å². The molecule has 0 saturated heterocycles. The number of carbonyl (C=O) groups excluding carboxylic acids is 2. The van der Waals surface area contributed by atoms with E-state index in [4.69, 9.17) is 19.3 Å². The zero-order chi connectivity index (χ0) is 18.1. The van der Waals surface area contributed by atoms with E-state index in [1.807, 2.05) is 6.92 Å². The highest BCUT2D eigenvalue weighted by Gasteiger charge is 2.24. The highest BCUT2D eigenvalue weighted by atomic mass is 19.1. The Morgan fingerprint density at radius 2 is 2.04 bits per heavy atom. The molecule has 3 rings (SSSR count). The van der Waals surface area contributed by atoms with E-state index >= 15 is 0 Å². The fraction of sp³-hybridized carbons (Fsp3) is 0.176. The number of benzene rings is 1. The van der Waals surface area contributed by atoms with E-state index in [1.54, 1.807) is 6.07 Å². The van der Waals surface area contributed by atoms with Crippen LogP contribution < -0.4 is 15.8 Å². The van der Waals surface area contributed by atoms with Crippen LogP contribution in [0.4, 0.5) is 10.1 Å². The van der Waals surface area contributed by atoms with E-state index < -0.39 is 17.6 Å². The Balaban J connectivity index is 2.10. The molecule has 2 amide bonds. The summed E-state index contributed by atoms with van der Waals surface area (Å²) in [6.45, 7) is 1.88. The molecule has 0 radical (unpaired) electrons. The molecule has 25 heavy (non-hydrogen) atoms. The smallest absolute Gasteiger partial charge is 0.291 e. The summed E-state index contributed by atoms with van der Waals surface area (Å²) >= 11 is 0. The number of halogens is 1. The van der Waals surface area contributed by atoms with Crippen LogP contribution in [0.3, 0.4) is 0 Å². The van der Waals surface area contributed by atoms with Gasteiger partial charge in [0.25, 0.3) is 11.8 Å². The molecule has 0 aliphatic heterocycles. The molecule has 1 aromatic carbocycles. The minimum atomic E-state index is -0.914. The van der Waals surface area contributed by atoms with Gasteiger partial charge in [0, 0.05) is 12.5 Å². The Kier molecular flexibility index (Phi) is 4.18. The van der Waals surface area contributed by atoms with Crippen molar-refractivity contribution in [3.05, 3.63) is 47.4 Å². The van der Waals surface area contributed by atoms with E-state index in [9.17, 15) is 14.0 Å². The molecule has 0 unspecified atom stereocenters. The number of amides is 2. The number of ether oxygens (including phenoxy) is 1. The summed E-state index contributed by atoms with van der Waals surface area (Å²) in [5, 5.41) is 2.65. The van der Waals surface area contributed by atoms with E-state index in [-0.39, 0.29) is 33.9 Å². The molecule has 0 atom stereocenters. The van der Waals surface area contributed by atoms with Crippen LogP contribution in [-0.2, 0) is 6.42 Å². The van der Waals surface area contributed by atoms with Gasteiger partial charge in [-0.1, -0.05) is 6.92 Å². The summed E-state index contributed by atoms with van der Waals surface area (Å²) in [4.78, 5) is 24.0.